The van der Waals surface area contributed by atoms with E-state index in [1.807, 2.05) is 42.5 Å². The van der Waals surface area contributed by atoms with Crippen LogP contribution in [-0.2, 0) is 20.7 Å². The van der Waals surface area contributed by atoms with E-state index in [9.17, 15) is 9.59 Å². The lowest BCUT2D eigenvalue weighted by molar-refractivity contribution is -0.113. The van der Waals surface area contributed by atoms with E-state index in [-0.39, 0.29) is 11.6 Å². The Kier molecular flexibility index (Phi) is 9.78. The monoisotopic (exact) mass is 634 g/mol. The van der Waals surface area contributed by atoms with E-state index in [1.165, 1.54) is 30.1 Å². The average molecular weight is 635 g/mol. The lowest BCUT2D eigenvalue weighted by Gasteiger charge is -2.35. The predicted molar refractivity (Wildman–Crippen MR) is 182 cm³/mol. The van der Waals surface area contributed by atoms with E-state index in [0.29, 0.717) is 58.8 Å². The van der Waals surface area contributed by atoms with Gasteiger partial charge in [0.05, 0.1) is 26.3 Å². The van der Waals surface area contributed by atoms with Gasteiger partial charge in [-0.3, -0.25) is 9.59 Å². The van der Waals surface area contributed by atoms with Crippen LogP contribution in [0, 0.1) is 5.92 Å². The third-order valence-corrected chi connectivity index (χ3v) is 8.62. The highest BCUT2D eigenvalue weighted by Gasteiger charge is 2.26. The Hall–Kier alpha value is -5.22. The van der Waals surface area contributed by atoms with Gasteiger partial charge in [-0.25, -0.2) is 9.97 Å². The average Bonchev–Trinajstić information content (AvgIpc) is 3.10. The number of rotatable bonds is 12. The van der Waals surface area contributed by atoms with Gasteiger partial charge < -0.3 is 29.2 Å². The van der Waals surface area contributed by atoms with Gasteiger partial charge in [-0.15, -0.1) is 0 Å². The summed E-state index contributed by atoms with van der Waals surface area (Å²) in [7, 11) is 4.91. The summed E-state index contributed by atoms with van der Waals surface area (Å²) in [5.74, 6) is 2.68. The quantitative estimate of drug-likeness (QED) is 0.148. The number of ketones is 2. The van der Waals surface area contributed by atoms with E-state index < -0.39 is 0 Å². The summed E-state index contributed by atoms with van der Waals surface area (Å²) in [5.41, 5.74) is 4.60. The van der Waals surface area contributed by atoms with Crippen LogP contribution in [0.5, 0.6) is 17.2 Å². The van der Waals surface area contributed by atoms with Gasteiger partial charge in [0.2, 0.25) is 0 Å². The van der Waals surface area contributed by atoms with Crippen molar-refractivity contribution in [1.82, 2.24) is 9.97 Å². The van der Waals surface area contributed by atoms with Crippen molar-refractivity contribution >= 4 is 45.2 Å². The highest BCUT2D eigenvalue weighted by Crippen LogP contribution is 2.38. The zero-order valence-electron chi connectivity index (χ0n) is 26.8. The van der Waals surface area contributed by atoms with Crippen molar-refractivity contribution in [3.8, 4) is 17.2 Å². The summed E-state index contributed by atoms with van der Waals surface area (Å²) in [6.45, 7) is 2.47. The summed E-state index contributed by atoms with van der Waals surface area (Å²) >= 11 is 0. The fraction of sp³-hybridized carbons (Fsp3) is 0.297. The molecule has 4 aromatic rings. The van der Waals surface area contributed by atoms with Crippen LogP contribution in [0.25, 0.3) is 16.5 Å². The van der Waals surface area contributed by atoms with Crippen LogP contribution in [0.1, 0.15) is 24.0 Å². The van der Waals surface area contributed by atoms with Gasteiger partial charge in [-0.1, -0.05) is 18.2 Å². The molecule has 10 heteroatoms. The molecule has 0 radical (unpaired) electrons. The summed E-state index contributed by atoms with van der Waals surface area (Å²) in [6.07, 6.45) is 8.51. The van der Waals surface area contributed by atoms with Gasteiger partial charge in [0.1, 0.15) is 24.5 Å². The molecule has 0 spiro atoms. The minimum absolute atomic E-state index is 0.202. The van der Waals surface area contributed by atoms with E-state index in [0.717, 1.165) is 49.2 Å². The Morgan fingerprint density at radius 2 is 1.68 bits per heavy atom. The van der Waals surface area contributed by atoms with Crippen molar-refractivity contribution < 1.29 is 28.5 Å². The third kappa shape index (κ3) is 7.12. The van der Waals surface area contributed by atoms with E-state index in [4.69, 9.17) is 18.9 Å². The molecule has 6 rings (SSSR count). The second-order valence-electron chi connectivity index (χ2n) is 11.5. The molecule has 0 saturated carbocycles. The highest BCUT2D eigenvalue weighted by molar-refractivity contribution is 6.34. The van der Waals surface area contributed by atoms with Crippen LogP contribution < -0.4 is 24.4 Å². The number of methoxy groups -OCH3 is 3. The molecule has 3 aromatic carbocycles. The number of hydrogen-bond donors (Lipinski definition) is 1. The first kappa shape index (κ1) is 31.7. The lowest BCUT2D eigenvalue weighted by atomic mass is 9.88. The van der Waals surface area contributed by atoms with Gasteiger partial charge in [-0.2, -0.15) is 0 Å². The van der Waals surface area contributed by atoms with Gasteiger partial charge in [0.15, 0.2) is 23.1 Å². The molecule has 1 aliphatic heterocycles. The maximum Gasteiger partial charge on any atom is 0.186 e. The van der Waals surface area contributed by atoms with Gasteiger partial charge in [0, 0.05) is 54.2 Å². The van der Waals surface area contributed by atoms with Crippen molar-refractivity contribution in [1.29, 1.82) is 0 Å². The molecule has 0 amide bonds. The number of piperidine rings is 1. The second-order valence-corrected chi connectivity index (χ2v) is 11.5. The minimum Gasteiger partial charge on any atom is -0.496 e. The summed E-state index contributed by atoms with van der Waals surface area (Å²) < 4.78 is 22.1. The van der Waals surface area contributed by atoms with Gasteiger partial charge >= 0.3 is 0 Å². The Balaban J connectivity index is 1.28. The van der Waals surface area contributed by atoms with E-state index in [2.05, 4.69) is 32.3 Å². The molecule has 1 aliphatic carbocycles. The molecule has 1 N–H and O–H groups in total. The molecular formula is C37H38N4O6. The number of nitrogens with one attached hydrogen (secondary N) is 1. The van der Waals surface area contributed by atoms with Crippen LogP contribution in [0.15, 0.2) is 79.2 Å². The number of nitrogens with zero attached hydrogens (tertiary/aromatic N) is 3. The van der Waals surface area contributed by atoms with Crippen LogP contribution in [0.3, 0.4) is 0 Å². The zero-order valence-corrected chi connectivity index (χ0v) is 26.8. The number of ether oxygens (including phenoxy) is 4. The van der Waals surface area contributed by atoms with Crippen molar-refractivity contribution in [3.05, 3.63) is 90.3 Å². The number of hydrogen-bond acceptors (Lipinski definition) is 10. The molecule has 0 atom stereocenters. The maximum absolute atomic E-state index is 13.1. The zero-order chi connectivity index (χ0) is 32.8. The lowest BCUT2D eigenvalue weighted by Crippen LogP contribution is -2.35. The van der Waals surface area contributed by atoms with Crippen molar-refractivity contribution in [2.45, 2.75) is 19.3 Å². The summed E-state index contributed by atoms with van der Waals surface area (Å²) in [5, 5.41) is 4.15. The number of fused-ring (bicyclic) bond motifs is 1. The van der Waals surface area contributed by atoms with Crippen molar-refractivity contribution in [2.75, 3.05) is 57.8 Å². The van der Waals surface area contributed by atoms with Crippen molar-refractivity contribution in [3.63, 3.8) is 0 Å². The number of aromatic nitrogens is 2. The van der Waals surface area contributed by atoms with E-state index in [1.54, 1.807) is 21.3 Å². The molecule has 0 unspecified atom stereocenters. The largest absolute Gasteiger partial charge is 0.496 e. The topological polar surface area (TPSA) is 112 Å². The standard InChI is InChI=1S/C37H38N4O6/c1-44-16-17-47-36-22-31-30(21-35(36)46-3)37(39-23-38-31)40-26-8-10-32(28(19-26)29-20-27(42)9-11-33(29)43)41-14-12-24(13-15-41)18-25-6-4-5-7-34(25)45-2/h4-11,19-24H,12-18H2,1-3H3,(H,38,39,40). The number of para-hydroxylation sites is 1. The maximum atomic E-state index is 13.1. The Morgan fingerprint density at radius 1 is 0.872 bits per heavy atom. The molecule has 1 aromatic heterocycles. The fourth-order valence-electron chi connectivity index (χ4n) is 6.19. The predicted octanol–water partition coefficient (Wildman–Crippen LogP) is 5.97. The van der Waals surface area contributed by atoms with Crippen LogP contribution >= 0.6 is 0 Å². The summed E-state index contributed by atoms with van der Waals surface area (Å²) in [6, 6.07) is 17.7. The minimum atomic E-state index is -0.211. The fourth-order valence-corrected chi connectivity index (χ4v) is 6.19. The molecule has 0 bridgehead atoms. The molecule has 242 valence electrons. The second kappa shape index (κ2) is 14.5. The number of benzene rings is 3. The molecule has 10 nitrogen and oxygen atoms in total. The molecule has 1 fully saturated rings. The smallest absolute Gasteiger partial charge is 0.186 e. The first-order valence-corrected chi connectivity index (χ1v) is 15.7. The van der Waals surface area contributed by atoms with E-state index >= 15 is 0 Å². The Morgan fingerprint density at radius 3 is 2.47 bits per heavy atom. The number of anilines is 3. The summed E-state index contributed by atoms with van der Waals surface area (Å²) in [4.78, 5) is 36.8. The number of carbonyl (C=O) groups excluding carboxylic acids is 2. The van der Waals surface area contributed by atoms with Crippen LogP contribution in [0.2, 0.25) is 0 Å². The van der Waals surface area contributed by atoms with Crippen LogP contribution in [0.4, 0.5) is 17.2 Å². The molecule has 47 heavy (non-hydrogen) atoms. The molecule has 2 aliphatic rings. The number of allylic oxidation sites excluding steroid dienone is 4. The Labute approximate surface area is 274 Å². The van der Waals surface area contributed by atoms with Crippen molar-refractivity contribution in [2.24, 2.45) is 5.92 Å². The van der Waals surface area contributed by atoms with Gasteiger partial charge in [0.25, 0.3) is 0 Å². The highest BCUT2D eigenvalue weighted by atomic mass is 16.5. The normalized spacial score (nSPS) is 15.1. The SMILES string of the molecule is COCCOc1cc2ncnc(Nc3ccc(N4CCC(Cc5ccccc5OC)CC4)c(C4=CC(=O)C=CC4=O)c3)c2cc1OC. The molecule has 1 saturated heterocycles. The third-order valence-electron chi connectivity index (χ3n) is 8.62. The first-order valence-electron chi connectivity index (χ1n) is 15.7. The molecule has 2 heterocycles. The first-order chi connectivity index (χ1) is 23.0. The van der Waals surface area contributed by atoms with Gasteiger partial charge in [-0.05, 0) is 79.3 Å². The molecular weight excluding hydrogens is 596 g/mol. The van der Waals surface area contributed by atoms with Crippen LogP contribution in [-0.4, -0.2) is 69.2 Å². The number of carbonyl (C=O) groups is 2. The Bertz CT molecular complexity index is 1840.